The van der Waals surface area contributed by atoms with Gasteiger partial charge >= 0.3 is 0 Å². The maximum absolute atomic E-state index is 5.55. The number of hydrogen-bond acceptors (Lipinski definition) is 5. The molecule has 2 aromatic rings. The fourth-order valence-electron chi connectivity index (χ4n) is 2.54. The Hall–Kier alpha value is -1.46. The summed E-state index contributed by atoms with van der Waals surface area (Å²) in [7, 11) is 0. The predicted molar refractivity (Wildman–Crippen MR) is 81.0 cm³/mol. The Kier molecular flexibility index (Phi) is 4.28. The van der Waals surface area contributed by atoms with Crippen molar-refractivity contribution in [3.05, 3.63) is 41.7 Å². The fraction of sp³-hybridized carbons (Fsp3) is 0.467. The molecule has 1 aromatic heterocycles. The standard InChI is InChI=1S/C15H19N3OS/c1-2-13-16-15(20-18-13)17-14(12-8-9-19-10-12)11-6-4-3-5-7-11/h3-7,12,14H,2,8-10H2,1H3,(H,16,17,18). The number of benzene rings is 1. The van der Waals surface area contributed by atoms with Crippen molar-refractivity contribution in [2.45, 2.75) is 25.8 Å². The second kappa shape index (κ2) is 6.33. The van der Waals surface area contributed by atoms with Crippen LogP contribution >= 0.6 is 11.5 Å². The summed E-state index contributed by atoms with van der Waals surface area (Å²) >= 11 is 1.44. The molecular weight excluding hydrogens is 270 g/mol. The van der Waals surface area contributed by atoms with Gasteiger partial charge in [-0.15, -0.1) is 0 Å². The van der Waals surface area contributed by atoms with Gasteiger partial charge in [0.25, 0.3) is 0 Å². The third-order valence-electron chi connectivity index (χ3n) is 3.66. The Balaban J connectivity index is 1.81. The molecule has 0 bridgehead atoms. The molecule has 2 unspecified atom stereocenters. The van der Waals surface area contributed by atoms with Gasteiger partial charge in [-0.25, -0.2) is 4.98 Å². The van der Waals surface area contributed by atoms with E-state index in [1.807, 2.05) is 6.07 Å². The van der Waals surface area contributed by atoms with Crippen LogP contribution in [0, 0.1) is 5.92 Å². The Morgan fingerprint density at radius 1 is 1.40 bits per heavy atom. The summed E-state index contributed by atoms with van der Waals surface area (Å²) in [6.45, 7) is 3.74. The number of rotatable bonds is 5. The van der Waals surface area contributed by atoms with Crippen LogP contribution in [-0.4, -0.2) is 22.6 Å². The summed E-state index contributed by atoms with van der Waals surface area (Å²) in [4.78, 5) is 4.52. The van der Waals surface area contributed by atoms with Crippen molar-refractivity contribution >= 4 is 16.7 Å². The molecule has 1 aliphatic rings. The fourth-order valence-corrected chi connectivity index (χ4v) is 3.23. The number of ether oxygens (including phenoxy) is 1. The first kappa shape index (κ1) is 13.5. The molecule has 5 heteroatoms. The van der Waals surface area contributed by atoms with Gasteiger partial charge in [0, 0.05) is 30.5 Å². The van der Waals surface area contributed by atoms with Crippen molar-refractivity contribution < 1.29 is 4.74 Å². The van der Waals surface area contributed by atoms with Crippen LogP contribution in [0.4, 0.5) is 5.13 Å². The van der Waals surface area contributed by atoms with E-state index >= 15 is 0 Å². The smallest absolute Gasteiger partial charge is 0.203 e. The first-order valence-electron chi connectivity index (χ1n) is 7.08. The van der Waals surface area contributed by atoms with Crippen LogP contribution in [0.3, 0.4) is 0 Å². The van der Waals surface area contributed by atoms with Gasteiger partial charge in [-0.05, 0) is 12.0 Å². The molecule has 3 rings (SSSR count). The molecule has 0 aliphatic carbocycles. The highest BCUT2D eigenvalue weighted by Crippen LogP contribution is 2.32. The second-order valence-electron chi connectivity index (χ2n) is 5.03. The van der Waals surface area contributed by atoms with Crippen molar-refractivity contribution in [2.75, 3.05) is 18.5 Å². The summed E-state index contributed by atoms with van der Waals surface area (Å²) in [5.41, 5.74) is 1.29. The molecule has 1 aliphatic heterocycles. The molecule has 1 fully saturated rings. The molecule has 4 nitrogen and oxygen atoms in total. The van der Waals surface area contributed by atoms with Crippen molar-refractivity contribution in [1.29, 1.82) is 0 Å². The zero-order valence-electron chi connectivity index (χ0n) is 11.6. The minimum absolute atomic E-state index is 0.247. The summed E-state index contributed by atoms with van der Waals surface area (Å²) in [6, 6.07) is 10.8. The highest BCUT2D eigenvalue weighted by atomic mass is 32.1. The molecule has 1 aromatic carbocycles. The Bertz CT molecular complexity index is 537. The van der Waals surface area contributed by atoms with E-state index in [4.69, 9.17) is 4.74 Å². The van der Waals surface area contributed by atoms with Crippen molar-refractivity contribution in [2.24, 2.45) is 5.92 Å². The molecule has 0 spiro atoms. The van der Waals surface area contributed by atoms with E-state index in [1.165, 1.54) is 17.1 Å². The molecule has 0 radical (unpaired) electrons. The van der Waals surface area contributed by atoms with Crippen LogP contribution in [0.25, 0.3) is 0 Å². The number of anilines is 1. The van der Waals surface area contributed by atoms with E-state index in [0.717, 1.165) is 37.0 Å². The van der Waals surface area contributed by atoms with Crippen LogP contribution in [0.1, 0.15) is 30.8 Å². The van der Waals surface area contributed by atoms with Crippen LogP contribution < -0.4 is 5.32 Å². The van der Waals surface area contributed by atoms with Gasteiger partial charge in [0.05, 0.1) is 12.6 Å². The van der Waals surface area contributed by atoms with Gasteiger partial charge in [0.15, 0.2) is 0 Å². The van der Waals surface area contributed by atoms with E-state index in [-0.39, 0.29) is 6.04 Å². The van der Waals surface area contributed by atoms with Crippen molar-refractivity contribution in [1.82, 2.24) is 9.36 Å². The third kappa shape index (κ3) is 2.99. The molecule has 0 amide bonds. The number of aryl methyl sites for hydroxylation is 1. The summed E-state index contributed by atoms with van der Waals surface area (Å²) in [5, 5.41) is 4.46. The molecule has 2 atom stereocenters. The van der Waals surface area contributed by atoms with Gasteiger partial charge in [-0.1, -0.05) is 37.3 Å². The Morgan fingerprint density at radius 2 is 2.25 bits per heavy atom. The summed E-state index contributed by atoms with van der Waals surface area (Å²) < 4.78 is 9.90. The lowest BCUT2D eigenvalue weighted by atomic mass is 9.92. The van der Waals surface area contributed by atoms with E-state index < -0.39 is 0 Å². The van der Waals surface area contributed by atoms with Crippen molar-refractivity contribution in [3.8, 4) is 0 Å². The predicted octanol–water partition coefficient (Wildman–Crippen LogP) is 3.29. The zero-order chi connectivity index (χ0) is 13.8. The highest BCUT2D eigenvalue weighted by molar-refractivity contribution is 7.09. The lowest BCUT2D eigenvalue weighted by molar-refractivity contribution is 0.182. The van der Waals surface area contributed by atoms with E-state index in [9.17, 15) is 0 Å². The van der Waals surface area contributed by atoms with Crippen LogP contribution in [0.15, 0.2) is 30.3 Å². The topological polar surface area (TPSA) is 47.0 Å². The molecule has 1 N–H and O–H groups in total. The molecule has 20 heavy (non-hydrogen) atoms. The average Bonchev–Trinajstić information content (AvgIpc) is 3.17. The lowest BCUT2D eigenvalue weighted by Gasteiger charge is -2.23. The van der Waals surface area contributed by atoms with Gasteiger partial charge < -0.3 is 10.1 Å². The molecular formula is C15H19N3OS. The van der Waals surface area contributed by atoms with Gasteiger partial charge in [-0.2, -0.15) is 4.37 Å². The van der Waals surface area contributed by atoms with Crippen LogP contribution in [0.5, 0.6) is 0 Å². The first-order chi connectivity index (χ1) is 9.86. The largest absolute Gasteiger partial charge is 0.381 e. The average molecular weight is 289 g/mol. The maximum atomic E-state index is 5.55. The normalized spacial score (nSPS) is 19.9. The summed E-state index contributed by atoms with van der Waals surface area (Å²) in [6.07, 6.45) is 1.97. The third-order valence-corrected chi connectivity index (χ3v) is 4.34. The molecule has 106 valence electrons. The summed E-state index contributed by atoms with van der Waals surface area (Å²) in [5.74, 6) is 1.40. The molecule has 1 saturated heterocycles. The Morgan fingerprint density at radius 3 is 2.90 bits per heavy atom. The number of hydrogen-bond donors (Lipinski definition) is 1. The first-order valence-corrected chi connectivity index (χ1v) is 7.86. The number of aromatic nitrogens is 2. The lowest BCUT2D eigenvalue weighted by Crippen LogP contribution is -2.21. The van der Waals surface area contributed by atoms with Gasteiger partial charge in [0.2, 0.25) is 5.13 Å². The number of nitrogens with zero attached hydrogens (tertiary/aromatic N) is 2. The van der Waals surface area contributed by atoms with E-state index in [0.29, 0.717) is 5.92 Å². The monoisotopic (exact) mass is 289 g/mol. The zero-order valence-corrected chi connectivity index (χ0v) is 12.4. The minimum atomic E-state index is 0.247. The van der Waals surface area contributed by atoms with Crippen LogP contribution in [-0.2, 0) is 11.2 Å². The highest BCUT2D eigenvalue weighted by Gasteiger charge is 2.27. The van der Waals surface area contributed by atoms with Crippen LogP contribution in [0.2, 0.25) is 0 Å². The van der Waals surface area contributed by atoms with E-state index in [2.05, 4.69) is 45.9 Å². The molecule has 0 saturated carbocycles. The minimum Gasteiger partial charge on any atom is -0.381 e. The second-order valence-corrected chi connectivity index (χ2v) is 5.78. The Labute approximate surface area is 123 Å². The SMILES string of the molecule is CCc1nsc(NC(c2ccccc2)C2CCOC2)n1. The quantitative estimate of drug-likeness (QED) is 0.917. The van der Waals surface area contributed by atoms with Gasteiger partial charge in [-0.3, -0.25) is 0 Å². The molecule has 2 heterocycles. The maximum Gasteiger partial charge on any atom is 0.203 e. The van der Waals surface area contributed by atoms with Crippen molar-refractivity contribution in [3.63, 3.8) is 0 Å². The van der Waals surface area contributed by atoms with E-state index in [1.54, 1.807) is 0 Å². The number of nitrogens with one attached hydrogen (secondary N) is 1. The van der Waals surface area contributed by atoms with Gasteiger partial charge in [0.1, 0.15) is 5.82 Å².